The van der Waals surface area contributed by atoms with Crippen molar-refractivity contribution in [2.24, 2.45) is 0 Å². The van der Waals surface area contributed by atoms with E-state index in [1.54, 1.807) is 0 Å². The van der Waals surface area contributed by atoms with Crippen LogP contribution < -0.4 is 0 Å². The third-order valence-corrected chi connectivity index (χ3v) is 1.71. The number of rotatable bonds is 1. The summed E-state index contributed by atoms with van der Waals surface area (Å²) in [7, 11) is 0. The second-order valence-electron chi connectivity index (χ2n) is 2.78. The molecule has 0 aliphatic carbocycles. The van der Waals surface area contributed by atoms with Gasteiger partial charge in [-0.15, -0.1) is 0 Å². The molecule has 6 nitrogen and oxygen atoms in total. The Kier molecular flexibility index (Phi) is 14.2. The van der Waals surface area contributed by atoms with E-state index >= 15 is 0 Å². The molecule has 1 radical (unpaired) electrons. The van der Waals surface area contributed by atoms with Gasteiger partial charge in [0.1, 0.15) is 0 Å². The molecule has 0 saturated carbocycles. The molecule has 0 aromatic carbocycles. The van der Waals surface area contributed by atoms with Gasteiger partial charge in [-0.2, -0.15) is 0 Å². The molecule has 0 saturated heterocycles. The zero-order valence-corrected chi connectivity index (χ0v) is 16.0. The second-order valence-corrected chi connectivity index (χ2v) is 2.78. The normalized spacial score (nSPS) is 14.9. The van der Waals surface area contributed by atoms with Gasteiger partial charge in [0.2, 0.25) is 0 Å². The summed E-state index contributed by atoms with van der Waals surface area (Å²) in [6, 6.07) is 0. The minimum atomic E-state index is -0.454. The fraction of sp³-hybridized carbons (Fsp3) is 0.0909. The van der Waals surface area contributed by atoms with Crippen LogP contribution in [-0.2, 0) is 73.0 Å². The first-order valence-corrected chi connectivity index (χ1v) is 4.35. The Labute approximate surface area is 151 Å². The summed E-state index contributed by atoms with van der Waals surface area (Å²) in [5.41, 5.74) is 0. The predicted octanol–water partition coefficient (Wildman–Crippen LogP) is 0.174. The molecule has 8 heteroatoms. The van der Waals surface area contributed by atoms with Crippen molar-refractivity contribution in [1.82, 2.24) is 4.90 Å². The zero-order chi connectivity index (χ0) is 12.1. The molecule has 0 atom stereocenters. The Morgan fingerprint density at radius 1 is 0.947 bits per heavy atom. The van der Waals surface area contributed by atoms with Crippen LogP contribution in [0.1, 0.15) is 0 Å². The molecule has 101 valence electrons. The first kappa shape index (κ1) is 23.6. The number of nitrogens with zero attached hydrogens (tertiary/aromatic N) is 2. The Morgan fingerprint density at radius 2 is 1.32 bits per heavy atom. The number of carbonyl (C=O) groups is 4. The average Bonchev–Trinajstić information content (AvgIpc) is 2.75. The van der Waals surface area contributed by atoms with Crippen molar-refractivity contribution in [1.29, 1.82) is 0 Å². The van der Waals surface area contributed by atoms with Crippen LogP contribution in [0.15, 0.2) is 24.3 Å². The van der Waals surface area contributed by atoms with Crippen LogP contribution in [0.3, 0.4) is 0 Å². The number of carbonyl (C=O) groups excluding carboxylic acids is 4. The molecule has 0 bridgehead atoms. The summed E-state index contributed by atoms with van der Waals surface area (Å²) in [6.07, 6.45) is 4.77. The summed E-state index contributed by atoms with van der Waals surface area (Å²) in [5, 5.41) is 3.00. The number of hydrogen-bond donors (Lipinski definition) is 0. The predicted molar refractivity (Wildman–Crippen MR) is 60.1 cm³/mol. The number of hydrogen-bond acceptors (Lipinski definition) is 4. The maximum Gasteiger partial charge on any atom is 0.251 e. The molecular formula is C11H11N2O4WY-3. The third-order valence-electron chi connectivity index (χ3n) is 1.71. The third kappa shape index (κ3) is 7.65. The second kappa shape index (κ2) is 11.4. The molecular weight excluding hydrogens is 497 g/mol. The van der Waals surface area contributed by atoms with Crippen molar-refractivity contribution in [3.05, 3.63) is 44.0 Å². The summed E-state index contributed by atoms with van der Waals surface area (Å²) in [6.45, 7) is 3.63. The summed E-state index contributed by atoms with van der Waals surface area (Å²) in [4.78, 5) is 42.2. The van der Waals surface area contributed by atoms with E-state index in [4.69, 9.17) is 0 Å². The van der Waals surface area contributed by atoms with Crippen molar-refractivity contribution in [3.63, 3.8) is 0 Å². The monoisotopic (exact) mass is 508 g/mol. The molecule has 0 aromatic heterocycles. The fourth-order valence-corrected chi connectivity index (χ4v) is 0.977. The quantitative estimate of drug-likeness (QED) is 0.374. The maximum atomic E-state index is 10.6. The van der Waals surface area contributed by atoms with Crippen LogP contribution >= 0.6 is 0 Å². The smallest absolute Gasteiger partial charge is 0.251 e. The maximum absolute atomic E-state index is 10.6. The summed E-state index contributed by atoms with van der Waals surface area (Å²) < 4.78 is 0. The Balaban J connectivity index is -0.000000237. The Bertz CT molecular complexity index is 387. The molecule has 4 amide bonds. The van der Waals surface area contributed by atoms with Crippen molar-refractivity contribution in [3.8, 4) is 0 Å². The van der Waals surface area contributed by atoms with E-state index < -0.39 is 11.8 Å². The van der Waals surface area contributed by atoms with Crippen LogP contribution in [0.2, 0.25) is 0 Å². The van der Waals surface area contributed by atoms with Crippen molar-refractivity contribution in [2.45, 2.75) is 0 Å². The molecule has 0 N–H and O–H groups in total. The number of amides is 4. The van der Waals surface area contributed by atoms with Gasteiger partial charge in [-0.1, -0.05) is 6.54 Å². The van der Waals surface area contributed by atoms with E-state index in [2.05, 4.69) is 12.2 Å². The molecule has 2 heterocycles. The van der Waals surface area contributed by atoms with Gasteiger partial charge in [0.15, 0.2) is 0 Å². The standard InChI is InChI=1S/C6H6NO2.C4H3NO2.CH3.W.Y/c1-2-7-5(8)3-4-6(7)9;6-3-1-2-4(7)5-3;;;/h3-4H,1-2H2;1-2H,(H,5,6,7);1H3;;/q-1;;-1;;/p-1. The van der Waals surface area contributed by atoms with Gasteiger partial charge in [-0.05, 0) is 12.2 Å². The summed E-state index contributed by atoms with van der Waals surface area (Å²) in [5.74, 6) is -1.44. The van der Waals surface area contributed by atoms with Gasteiger partial charge in [-0.3, -0.25) is 9.59 Å². The van der Waals surface area contributed by atoms with Crippen molar-refractivity contribution in [2.75, 3.05) is 6.54 Å². The average molecular weight is 508 g/mol. The molecule has 2 rings (SSSR count). The molecule has 0 fully saturated rings. The van der Waals surface area contributed by atoms with Gasteiger partial charge in [0.05, 0.1) is 11.8 Å². The van der Waals surface area contributed by atoms with Gasteiger partial charge in [0.25, 0.3) is 11.8 Å². The molecule has 19 heavy (non-hydrogen) atoms. The fourth-order valence-electron chi connectivity index (χ4n) is 0.977. The van der Waals surface area contributed by atoms with Gasteiger partial charge in [0, 0.05) is 65.9 Å². The molecule has 2 aliphatic rings. The Hall–Kier alpha value is -0.448. The van der Waals surface area contributed by atoms with E-state index in [-0.39, 0.29) is 79.6 Å². The van der Waals surface area contributed by atoms with E-state index in [0.29, 0.717) is 0 Å². The van der Waals surface area contributed by atoms with Gasteiger partial charge >= 0.3 is 0 Å². The topological polar surface area (TPSA) is 85.6 Å². The number of imide groups is 2. The first-order chi connectivity index (χ1) is 7.54. The van der Waals surface area contributed by atoms with Crippen molar-refractivity contribution < 1.29 is 73.0 Å². The minimum absolute atomic E-state index is 0. The van der Waals surface area contributed by atoms with Crippen LogP contribution in [0, 0.1) is 14.4 Å². The van der Waals surface area contributed by atoms with E-state index in [1.165, 1.54) is 12.2 Å². The zero-order valence-electron chi connectivity index (χ0n) is 10.2. The van der Waals surface area contributed by atoms with Crippen LogP contribution in [0.4, 0.5) is 0 Å². The molecule has 0 aromatic rings. The largest absolute Gasteiger partial charge is 0.589 e. The molecule has 0 unspecified atom stereocenters. The van der Waals surface area contributed by atoms with E-state index in [1.807, 2.05) is 0 Å². The minimum Gasteiger partial charge on any atom is -0.589 e. The van der Waals surface area contributed by atoms with Gasteiger partial charge < -0.3 is 34.2 Å². The van der Waals surface area contributed by atoms with E-state index in [9.17, 15) is 19.2 Å². The van der Waals surface area contributed by atoms with Crippen LogP contribution in [0.5, 0.6) is 0 Å². The first-order valence-electron chi connectivity index (χ1n) is 4.35. The molecule has 2 aliphatic heterocycles. The van der Waals surface area contributed by atoms with Crippen LogP contribution in [0.25, 0.3) is 5.32 Å². The van der Waals surface area contributed by atoms with Gasteiger partial charge in [-0.25, -0.2) is 0 Å². The summed E-state index contributed by atoms with van der Waals surface area (Å²) >= 11 is 0. The van der Waals surface area contributed by atoms with Crippen molar-refractivity contribution >= 4 is 23.6 Å². The SMILES string of the molecule is O=C1C=CC(=O)[N-]1.[CH2-]CN1C(=O)C=CC1=O.[CH3-].[W].[Y]. The van der Waals surface area contributed by atoms with Crippen LogP contribution in [-0.4, -0.2) is 35.1 Å². The Morgan fingerprint density at radius 3 is 1.47 bits per heavy atom. The molecule has 0 spiro atoms. The van der Waals surface area contributed by atoms with E-state index in [0.717, 1.165) is 17.1 Å².